The number of carbonyl (C=O) groups excluding carboxylic acids is 1. The van der Waals surface area contributed by atoms with Crippen LogP contribution in [0, 0.1) is 24.2 Å². The Labute approximate surface area is 169 Å². The van der Waals surface area contributed by atoms with Crippen LogP contribution in [0.1, 0.15) is 43.7 Å². The maximum atomic E-state index is 11.5. The Morgan fingerprint density at radius 3 is 2.83 bits per heavy atom. The lowest BCUT2D eigenvalue weighted by molar-refractivity contribution is -0.114. The largest absolute Gasteiger partial charge is 0.474 e. The van der Waals surface area contributed by atoms with Gasteiger partial charge in [0, 0.05) is 55.6 Å². The maximum Gasteiger partial charge on any atom is 0.222 e. The standard InChI is InChI=1S/C22H23N5O2/c1-13-5-20(26-21(6-13)29-16-7-15(8-16)10-23)27-12-22(3-4-22)17-11-24-19(9-18(17)27)25-14(2)28/h5-6,9,11,15-16H,3-4,7-8,12H2,1-2H3,(H,24,25,28). The number of hydrogen-bond donors (Lipinski definition) is 1. The Balaban J connectivity index is 1.46. The fraction of sp³-hybridized carbons (Fsp3) is 0.455. The molecule has 0 unspecified atom stereocenters. The summed E-state index contributed by atoms with van der Waals surface area (Å²) in [4.78, 5) is 22.9. The number of amides is 1. The Morgan fingerprint density at radius 2 is 2.14 bits per heavy atom. The lowest BCUT2D eigenvalue weighted by Gasteiger charge is -2.31. The normalized spacial score (nSPS) is 23.1. The van der Waals surface area contributed by atoms with Gasteiger partial charge in [0.15, 0.2) is 0 Å². The molecule has 5 rings (SSSR count). The summed E-state index contributed by atoms with van der Waals surface area (Å²) >= 11 is 0. The predicted octanol–water partition coefficient (Wildman–Crippen LogP) is 3.61. The van der Waals surface area contributed by atoms with Crippen molar-refractivity contribution in [2.45, 2.75) is 51.0 Å². The van der Waals surface area contributed by atoms with Gasteiger partial charge in [-0.2, -0.15) is 10.2 Å². The van der Waals surface area contributed by atoms with Crippen LogP contribution in [0.3, 0.4) is 0 Å². The van der Waals surface area contributed by atoms with Crippen molar-refractivity contribution < 1.29 is 9.53 Å². The van der Waals surface area contributed by atoms with Crippen LogP contribution in [0.5, 0.6) is 5.88 Å². The smallest absolute Gasteiger partial charge is 0.222 e. The molecule has 3 heterocycles. The van der Waals surface area contributed by atoms with Crippen LogP contribution in [0.2, 0.25) is 0 Å². The molecule has 0 bridgehead atoms. The summed E-state index contributed by atoms with van der Waals surface area (Å²) in [6.45, 7) is 4.39. The molecule has 1 spiro atoms. The topological polar surface area (TPSA) is 91.1 Å². The fourth-order valence-corrected chi connectivity index (χ4v) is 4.34. The van der Waals surface area contributed by atoms with E-state index >= 15 is 0 Å². The van der Waals surface area contributed by atoms with Gasteiger partial charge >= 0.3 is 0 Å². The first-order chi connectivity index (χ1) is 14.0. The highest BCUT2D eigenvalue weighted by Gasteiger charge is 2.52. The molecule has 7 nitrogen and oxygen atoms in total. The minimum absolute atomic E-state index is 0.0676. The van der Waals surface area contributed by atoms with E-state index < -0.39 is 0 Å². The lowest BCUT2D eigenvalue weighted by atomic mass is 9.83. The number of ether oxygens (including phenoxy) is 1. The van der Waals surface area contributed by atoms with Crippen molar-refractivity contribution in [2.24, 2.45) is 5.92 Å². The number of nitrogens with one attached hydrogen (secondary N) is 1. The highest BCUT2D eigenvalue weighted by molar-refractivity contribution is 5.89. The third-order valence-corrected chi connectivity index (χ3v) is 6.14. The first kappa shape index (κ1) is 17.9. The Morgan fingerprint density at radius 1 is 1.34 bits per heavy atom. The Kier molecular flexibility index (Phi) is 3.98. The molecule has 3 aliphatic rings. The Bertz CT molecular complexity index is 1030. The van der Waals surface area contributed by atoms with Crippen LogP contribution in [0.25, 0.3) is 0 Å². The highest BCUT2D eigenvalue weighted by atomic mass is 16.5. The number of nitrogens with zero attached hydrogens (tertiary/aromatic N) is 4. The summed E-state index contributed by atoms with van der Waals surface area (Å²) < 4.78 is 6.04. The van der Waals surface area contributed by atoms with Crippen LogP contribution in [0.4, 0.5) is 17.3 Å². The minimum Gasteiger partial charge on any atom is -0.474 e. The van der Waals surface area contributed by atoms with E-state index in [-0.39, 0.29) is 23.3 Å². The molecular weight excluding hydrogens is 366 g/mol. The average Bonchev–Trinajstić information content (AvgIpc) is 3.34. The summed E-state index contributed by atoms with van der Waals surface area (Å²) in [6, 6.07) is 8.24. The molecule has 1 N–H and O–H groups in total. The Hall–Kier alpha value is -3.14. The molecule has 0 atom stereocenters. The van der Waals surface area contributed by atoms with Crippen molar-refractivity contribution in [3.63, 3.8) is 0 Å². The minimum atomic E-state index is -0.135. The summed E-state index contributed by atoms with van der Waals surface area (Å²) in [6.07, 6.45) is 5.79. The van der Waals surface area contributed by atoms with E-state index in [0.717, 1.165) is 49.3 Å². The van der Waals surface area contributed by atoms with Crippen molar-refractivity contribution in [1.29, 1.82) is 5.26 Å². The molecule has 0 radical (unpaired) electrons. The molecule has 7 heteroatoms. The van der Waals surface area contributed by atoms with Gasteiger partial charge in [0.25, 0.3) is 0 Å². The summed E-state index contributed by atoms with van der Waals surface area (Å²) in [5.41, 5.74) is 3.51. The van der Waals surface area contributed by atoms with Crippen molar-refractivity contribution in [1.82, 2.24) is 9.97 Å². The molecule has 2 aromatic rings. The number of pyridine rings is 2. The molecular formula is C22H23N5O2. The summed E-state index contributed by atoms with van der Waals surface area (Å²) in [7, 11) is 0. The molecule has 1 aliphatic heterocycles. The molecule has 148 valence electrons. The van der Waals surface area contributed by atoms with Gasteiger partial charge in [-0.15, -0.1) is 0 Å². The zero-order chi connectivity index (χ0) is 20.2. The van der Waals surface area contributed by atoms with E-state index in [1.54, 1.807) is 0 Å². The summed E-state index contributed by atoms with van der Waals surface area (Å²) in [5, 5.41) is 11.7. The second-order valence-electron chi connectivity index (χ2n) is 8.51. The van der Waals surface area contributed by atoms with E-state index in [0.29, 0.717) is 11.7 Å². The summed E-state index contributed by atoms with van der Waals surface area (Å²) in [5.74, 6) is 1.98. The lowest BCUT2D eigenvalue weighted by Crippen LogP contribution is -2.33. The highest BCUT2D eigenvalue weighted by Crippen LogP contribution is 2.58. The number of fused-ring (bicyclic) bond motifs is 2. The molecule has 2 aromatic heterocycles. The molecule has 2 fully saturated rings. The fourth-order valence-electron chi connectivity index (χ4n) is 4.34. The second-order valence-corrected chi connectivity index (χ2v) is 8.51. The van der Waals surface area contributed by atoms with E-state index in [4.69, 9.17) is 15.0 Å². The van der Waals surface area contributed by atoms with Crippen LogP contribution < -0.4 is 15.0 Å². The molecule has 0 aromatic carbocycles. The van der Waals surface area contributed by atoms with Crippen LogP contribution in [-0.4, -0.2) is 28.5 Å². The van der Waals surface area contributed by atoms with Crippen molar-refractivity contribution in [3.05, 3.63) is 35.5 Å². The predicted molar refractivity (Wildman–Crippen MR) is 108 cm³/mol. The van der Waals surface area contributed by atoms with Crippen LogP contribution in [-0.2, 0) is 10.2 Å². The average molecular weight is 389 g/mol. The number of nitriles is 1. The number of anilines is 3. The van der Waals surface area contributed by atoms with E-state index in [2.05, 4.69) is 27.3 Å². The third-order valence-electron chi connectivity index (χ3n) is 6.14. The maximum absolute atomic E-state index is 11.5. The quantitative estimate of drug-likeness (QED) is 0.859. The molecule has 29 heavy (non-hydrogen) atoms. The van der Waals surface area contributed by atoms with Crippen LogP contribution in [0.15, 0.2) is 24.4 Å². The third kappa shape index (κ3) is 3.19. The number of aryl methyl sites for hydroxylation is 1. The van der Waals surface area contributed by atoms with E-state index in [9.17, 15) is 4.79 Å². The van der Waals surface area contributed by atoms with E-state index in [1.165, 1.54) is 12.5 Å². The first-order valence-corrected chi connectivity index (χ1v) is 10.1. The monoisotopic (exact) mass is 389 g/mol. The van der Waals surface area contributed by atoms with E-state index in [1.807, 2.05) is 25.3 Å². The second kappa shape index (κ2) is 6.45. The zero-order valence-corrected chi connectivity index (χ0v) is 16.6. The van der Waals surface area contributed by atoms with Gasteiger partial charge in [-0.05, 0) is 31.4 Å². The van der Waals surface area contributed by atoms with Gasteiger partial charge in [0.05, 0.1) is 17.7 Å². The van der Waals surface area contributed by atoms with Gasteiger partial charge < -0.3 is 15.0 Å². The van der Waals surface area contributed by atoms with Crippen LogP contribution >= 0.6 is 0 Å². The van der Waals surface area contributed by atoms with Gasteiger partial charge in [-0.1, -0.05) is 0 Å². The van der Waals surface area contributed by atoms with Gasteiger partial charge in [-0.3, -0.25) is 4.79 Å². The van der Waals surface area contributed by atoms with Gasteiger partial charge in [0.1, 0.15) is 17.7 Å². The van der Waals surface area contributed by atoms with Gasteiger partial charge in [-0.25, -0.2) is 4.98 Å². The molecule has 2 saturated carbocycles. The number of hydrogen-bond acceptors (Lipinski definition) is 6. The number of aromatic nitrogens is 2. The van der Waals surface area contributed by atoms with Gasteiger partial charge in [0.2, 0.25) is 11.8 Å². The SMILES string of the molecule is CC(=O)Nc1cc2c(cn1)C1(CC1)CN2c1cc(C)cc(OC2CC(C#N)C2)n1. The molecule has 2 aliphatic carbocycles. The number of carbonyl (C=O) groups is 1. The zero-order valence-electron chi connectivity index (χ0n) is 16.6. The van der Waals surface area contributed by atoms with Crippen molar-refractivity contribution in [2.75, 3.05) is 16.8 Å². The first-order valence-electron chi connectivity index (χ1n) is 10.1. The van der Waals surface area contributed by atoms with Crippen molar-refractivity contribution >= 4 is 23.2 Å². The molecule has 0 saturated heterocycles. The number of rotatable bonds is 4. The molecule has 1 amide bonds. The van der Waals surface area contributed by atoms with Crippen molar-refractivity contribution in [3.8, 4) is 11.9 Å².